The van der Waals surface area contributed by atoms with E-state index in [9.17, 15) is 10.1 Å². The van der Waals surface area contributed by atoms with E-state index in [-0.39, 0.29) is 17.3 Å². The maximum atomic E-state index is 11.5. The Kier molecular flexibility index (Phi) is 5.00. The van der Waals surface area contributed by atoms with Gasteiger partial charge in [-0.15, -0.1) is 11.3 Å². The van der Waals surface area contributed by atoms with Gasteiger partial charge >= 0.3 is 5.69 Å². The summed E-state index contributed by atoms with van der Waals surface area (Å²) >= 11 is 1.31. The van der Waals surface area contributed by atoms with E-state index in [1.807, 2.05) is 6.92 Å². The molecule has 25 heavy (non-hydrogen) atoms. The van der Waals surface area contributed by atoms with Crippen LogP contribution in [-0.4, -0.2) is 26.5 Å². The summed E-state index contributed by atoms with van der Waals surface area (Å²) in [5.74, 6) is 0.878. The van der Waals surface area contributed by atoms with Crippen LogP contribution < -0.4 is 15.4 Å². The van der Waals surface area contributed by atoms with E-state index in [2.05, 4.69) is 25.6 Å². The van der Waals surface area contributed by atoms with Crippen LogP contribution in [0.15, 0.2) is 42.2 Å². The quantitative estimate of drug-likeness (QED) is 0.485. The molecule has 0 saturated heterocycles. The highest BCUT2D eigenvalue weighted by Gasteiger charge is 2.23. The number of nitrogens with zero attached hydrogens (tertiary/aromatic N) is 4. The molecular weight excluding hydrogens is 344 g/mol. The fraction of sp³-hybridized carbons (Fsp3) is 0.133. The highest BCUT2D eigenvalue weighted by atomic mass is 32.1. The Bertz CT molecular complexity index is 854. The van der Waals surface area contributed by atoms with E-state index in [0.29, 0.717) is 17.4 Å². The summed E-state index contributed by atoms with van der Waals surface area (Å²) in [7, 11) is 0. The Balaban J connectivity index is 1.88. The van der Waals surface area contributed by atoms with Gasteiger partial charge in [-0.2, -0.15) is 0 Å². The van der Waals surface area contributed by atoms with Crippen molar-refractivity contribution in [3.8, 4) is 5.75 Å². The lowest BCUT2D eigenvalue weighted by Gasteiger charge is -2.09. The molecule has 2 heterocycles. The Morgan fingerprint density at radius 1 is 1.16 bits per heavy atom. The van der Waals surface area contributed by atoms with E-state index in [4.69, 9.17) is 4.74 Å². The third-order valence-electron chi connectivity index (χ3n) is 3.09. The summed E-state index contributed by atoms with van der Waals surface area (Å²) in [6, 6.07) is 7.05. The first-order valence-electron chi connectivity index (χ1n) is 7.33. The zero-order valence-corrected chi connectivity index (χ0v) is 14.0. The largest absolute Gasteiger partial charge is 0.494 e. The van der Waals surface area contributed by atoms with Gasteiger partial charge in [0.15, 0.2) is 5.13 Å². The number of benzene rings is 1. The third-order valence-corrected chi connectivity index (χ3v) is 3.78. The lowest BCUT2D eigenvalue weighted by molar-refractivity contribution is -0.383. The second-order valence-corrected chi connectivity index (χ2v) is 5.62. The van der Waals surface area contributed by atoms with Gasteiger partial charge in [-0.05, 0) is 31.2 Å². The zero-order valence-electron chi connectivity index (χ0n) is 13.2. The molecule has 0 aliphatic heterocycles. The molecule has 10 heteroatoms. The first-order valence-corrected chi connectivity index (χ1v) is 8.21. The molecule has 3 aromatic rings. The van der Waals surface area contributed by atoms with Crippen molar-refractivity contribution in [2.24, 2.45) is 0 Å². The molecular formula is C15H14N6O3S. The van der Waals surface area contributed by atoms with Crippen LogP contribution in [0, 0.1) is 10.1 Å². The van der Waals surface area contributed by atoms with Crippen molar-refractivity contribution in [1.29, 1.82) is 0 Å². The fourth-order valence-corrected chi connectivity index (χ4v) is 2.59. The average molecular weight is 358 g/mol. The van der Waals surface area contributed by atoms with Crippen LogP contribution in [0.1, 0.15) is 6.92 Å². The van der Waals surface area contributed by atoms with Crippen LogP contribution in [0.25, 0.3) is 0 Å². The molecule has 2 aromatic heterocycles. The summed E-state index contributed by atoms with van der Waals surface area (Å²) in [6.07, 6.45) is 2.85. The average Bonchev–Trinajstić information content (AvgIpc) is 3.10. The molecule has 1 aromatic carbocycles. The van der Waals surface area contributed by atoms with Gasteiger partial charge in [0.2, 0.25) is 11.6 Å². The van der Waals surface area contributed by atoms with Gasteiger partial charge in [-0.1, -0.05) is 0 Å². The van der Waals surface area contributed by atoms with E-state index in [1.54, 1.807) is 35.8 Å². The number of anilines is 4. The van der Waals surface area contributed by atoms with Crippen molar-refractivity contribution < 1.29 is 9.66 Å². The predicted molar refractivity (Wildman–Crippen MR) is 95.0 cm³/mol. The van der Waals surface area contributed by atoms with Crippen molar-refractivity contribution >= 4 is 39.5 Å². The monoisotopic (exact) mass is 358 g/mol. The number of thiazole rings is 1. The number of nitro groups is 1. The molecule has 3 rings (SSSR count). The normalized spacial score (nSPS) is 10.3. The highest BCUT2D eigenvalue weighted by Crippen LogP contribution is 2.33. The summed E-state index contributed by atoms with van der Waals surface area (Å²) in [5, 5.41) is 19.6. The van der Waals surface area contributed by atoms with Gasteiger partial charge in [0.25, 0.3) is 0 Å². The molecule has 0 spiro atoms. The molecule has 0 aliphatic rings. The maximum Gasteiger partial charge on any atom is 0.353 e. The van der Waals surface area contributed by atoms with E-state index >= 15 is 0 Å². The SMILES string of the molecule is CCOc1ccc(Nc2ncnc(Nc3nccs3)c2[N+](=O)[O-])cc1. The number of hydrogen-bond donors (Lipinski definition) is 2. The van der Waals surface area contributed by atoms with E-state index < -0.39 is 4.92 Å². The summed E-state index contributed by atoms with van der Waals surface area (Å²) in [5.41, 5.74) is 0.386. The fourth-order valence-electron chi connectivity index (χ4n) is 2.06. The minimum atomic E-state index is -0.535. The lowest BCUT2D eigenvalue weighted by Crippen LogP contribution is -2.05. The Labute approximate surface area is 146 Å². The number of aromatic nitrogens is 3. The summed E-state index contributed by atoms with van der Waals surface area (Å²) in [4.78, 5) is 23.0. The van der Waals surface area contributed by atoms with Crippen LogP contribution in [0.4, 0.5) is 28.1 Å². The summed E-state index contributed by atoms with van der Waals surface area (Å²) < 4.78 is 5.37. The lowest BCUT2D eigenvalue weighted by atomic mass is 10.3. The van der Waals surface area contributed by atoms with Gasteiger partial charge in [0.05, 0.1) is 11.5 Å². The Morgan fingerprint density at radius 3 is 2.48 bits per heavy atom. The minimum Gasteiger partial charge on any atom is -0.494 e. The molecule has 9 nitrogen and oxygen atoms in total. The van der Waals surface area contributed by atoms with Gasteiger partial charge in [-0.25, -0.2) is 15.0 Å². The molecule has 0 bridgehead atoms. The molecule has 0 radical (unpaired) electrons. The minimum absolute atomic E-state index is 0.0726. The van der Waals surface area contributed by atoms with Crippen molar-refractivity contribution in [2.45, 2.75) is 6.92 Å². The first kappa shape index (κ1) is 16.6. The second-order valence-electron chi connectivity index (χ2n) is 4.72. The van der Waals surface area contributed by atoms with E-state index in [1.165, 1.54) is 17.7 Å². The number of ether oxygens (including phenoxy) is 1. The van der Waals surface area contributed by atoms with Crippen molar-refractivity contribution in [1.82, 2.24) is 15.0 Å². The number of rotatable bonds is 7. The van der Waals surface area contributed by atoms with Crippen LogP contribution in [0.2, 0.25) is 0 Å². The molecule has 0 atom stereocenters. The molecule has 0 aliphatic carbocycles. The van der Waals surface area contributed by atoms with Crippen molar-refractivity contribution in [2.75, 3.05) is 17.2 Å². The number of nitrogens with one attached hydrogen (secondary N) is 2. The van der Waals surface area contributed by atoms with Gasteiger partial charge in [0.1, 0.15) is 12.1 Å². The van der Waals surface area contributed by atoms with Crippen LogP contribution in [0.5, 0.6) is 5.75 Å². The van der Waals surface area contributed by atoms with Gasteiger partial charge in [-0.3, -0.25) is 10.1 Å². The first-order chi connectivity index (χ1) is 12.2. The molecule has 0 saturated carbocycles. The predicted octanol–water partition coefficient (Wildman–Crippen LogP) is 3.73. The molecule has 2 N–H and O–H groups in total. The van der Waals surface area contributed by atoms with Crippen molar-refractivity contribution in [3.63, 3.8) is 0 Å². The van der Waals surface area contributed by atoms with Gasteiger partial charge < -0.3 is 15.4 Å². The molecule has 0 unspecified atom stereocenters. The molecule has 0 amide bonds. The third kappa shape index (κ3) is 3.98. The van der Waals surface area contributed by atoms with Crippen LogP contribution in [-0.2, 0) is 0 Å². The van der Waals surface area contributed by atoms with Crippen LogP contribution >= 0.6 is 11.3 Å². The zero-order chi connectivity index (χ0) is 17.6. The van der Waals surface area contributed by atoms with E-state index in [0.717, 1.165) is 5.75 Å². The Hall–Kier alpha value is -3.27. The highest BCUT2D eigenvalue weighted by molar-refractivity contribution is 7.13. The second kappa shape index (κ2) is 7.53. The standard InChI is InChI=1S/C15H14N6O3S/c1-2-24-11-5-3-10(4-6-11)19-13-12(21(22)23)14(18-9-17-13)20-15-16-7-8-25-15/h3-9H,2H2,1H3,(H2,16,17,18,19,20). The van der Waals surface area contributed by atoms with Crippen LogP contribution in [0.3, 0.4) is 0 Å². The van der Waals surface area contributed by atoms with Crippen molar-refractivity contribution in [3.05, 3.63) is 52.3 Å². The number of hydrogen-bond acceptors (Lipinski definition) is 9. The Morgan fingerprint density at radius 2 is 1.88 bits per heavy atom. The molecule has 128 valence electrons. The van der Waals surface area contributed by atoms with Gasteiger partial charge in [0, 0.05) is 17.3 Å². The topological polar surface area (TPSA) is 115 Å². The summed E-state index contributed by atoms with van der Waals surface area (Å²) in [6.45, 7) is 2.46. The maximum absolute atomic E-state index is 11.5. The smallest absolute Gasteiger partial charge is 0.353 e. The molecule has 0 fully saturated rings.